The first-order valence-corrected chi connectivity index (χ1v) is 9.22. The molecule has 0 unspecified atom stereocenters. The molecule has 1 aliphatic rings. The van der Waals surface area contributed by atoms with Gasteiger partial charge in [-0.05, 0) is 25.1 Å². The molecular weight excluding hydrogens is 336 g/mol. The minimum absolute atomic E-state index is 0.00402. The number of hydrogen-bond acceptors (Lipinski definition) is 4. The molecule has 0 atom stereocenters. The molecular formula is C19H18N2O3S. The maximum absolute atomic E-state index is 12.0. The largest absolute Gasteiger partial charge is 0.271 e. The van der Waals surface area contributed by atoms with Crippen LogP contribution in [0, 0.1) is 12.3 Å². The lowest BCUT2D eigenvalue weighted by molar-refractivity contribution is 0.0955. The van der Waals surface area contributed by atoms with Crippen molar-refractivity contribution in [3.05, 3.63) is 65.7 Å². The average molecular weight is 356 g/mol. The number of hydrogen-bond donors (Lipinski definition) is 1. The zero-order valence-electron chi connectivity index (χ0n) is 14.7. The van der Waals surface area contributed by atoms with Gasteiger partial charge < -0.3 is 0 Å². The second-order valence-electron chi connectivity index (χ2n) is 5.18. The molecule has 2 aromatic carbocycles. The number of benzene rings is 2. The van der Waals surface area contributed by atoms with E-state index in [1.54, 1.807) is 55.5 Å². The summed E-state index contributed by atoms with van der Waals surface area (Å²) in [6, 6.07) is 15.5. The van der Waals surface area contributed by atoms with E-state index in [0.29, 0.717) is 16.8 Å². The highest BCUT2D eigenvalue weighted by molar-refractivity contribution is 7.91. The molecule has 1 aliphatic heterocycles. The van der Waals surface area contributed by atoms with Crippen molar-refractivity contribution in [2.45, 2.75) is 18.2 Å². The van der Waals surface area contributed by atoms with Crippen LogP contribution in [0.25, 0.3) is 0 Å². The first-order chi connectivity index (χ1) is 12.5. The van der Waals surface area contributed by atoms with Crippen LogP contribution in [0.5, 0.6) is 0 Å². The van der Waals surface area contributed by atoms with E-state index in [-0.39, 0.29) is 23.0 Å². The summed E-state index contributed by atoms with van der Waals surface area (Å²) in [5.41, 5.74) is 4.13. The lowest BCUT2D eigenvalue weighted by Gasteiger charge is -2.17. The van der Waals surface area contributed by atoms with Crippen LogP contribution in [0.4, 0.5) is 0 Å². The predicted molar refractivity (Wildman–Crippen MR) is 98.1 cm³/mol. The normalized spacial score (nSPS) is 16.2. The Balaban J connectivity index is 0.000000552. The predicted octanol–water partition coefficient (Wildman–Crippen LogP) is 2.64. The molecule has 6 heteroatoms. The van der Waals surface area contributed by atoms with Gasteiger partial charge in [0.25, 0.3) is 5.91 Å². The number of sulfone groups is 1. The SMILES string of the molecule is O=C(N/N=C1\CCS(=O)(=O)c2ccccc21)c1ccccc1.[3H]C#CC. The molecule has 3 rings (SSSR count). The zero-order valence-corrected chi connectivity index (χ0v) is 14.5. The molecule has 1 heterocycles. The van der Waals surface area contributed by atoms with Crippen molar-refractivity contribution in [1.82, 2.24) is 5.43 Å². The van der Waals surface area contributed by atoms with Crippen molar-refractivity contribution in [3.63, 3.8) is 0 Å². The fourth-order valence-corrected chi connectivity index (χ4v) is 3.83. The quantitative estimate of drug-likeness (QED) is 0.664. The van der Waals surface area contributed by atoms with E-state index in [9.17, 15) is 13.2 Å². The summed E-state index contributed by atoms with van der Waals surface area (Å²) < 4.78 is 30.2. The minimum Gasteiger partial charge on any atom is -0.267 e. The van der Waals surface area contributed by atoms with Crippen LogP contribution in [-0.2, 0) is 9.84 Å². The highest BCUT2D eigenvalue weighted by Gasteiger charge is 2.27. The third-order valence-electron chi connectivity index (χ3n) is 3.47. The first-order valence-electron chi connectivity index (χ1n) is 8.07. The first kappa shape index (κ1) is 16.9. The summed E-state index contributed by atoms with van der Waals surface area (Å²) in [5.74, 6) is 2.03. The Morgan fingerprint density at radius 2 is 1.84 bits per heavy atom. The Hall–Kier alpha value is -2.91. The van der Waals surface area contributed by atoms with Crippen molar-refractivity contribution >= 4 is 21.5 Å². The Kier molecular flexibility index (Phi) is 5.60. The number of hydrazone groups is 1. The van der Waals surface area contributed by atoms with Crippen molar-refractivity contribution in [2.75, 3.05) is 5.75 Å². The Morgan fingerprint density at radius 1 is 1.20 bits per heavy atom. The van der Waals surface area contributed by atoms with E-state index in [1.807, 2.05) is 12.5 Å². The Morgan fingerprint density at radius 3 is 2.52 bits per heavy atom. The minimum atomic E-state index is -3.26. The van der Waals surface area contributed by atoms with Crippen molar-refractivity contribution < 1.29 is 14.6 Å². The molecule has 1 N–H and O–H groups in total. The zero-order chi connectivity index (χ0) is 19.0. The highest BCUT2D eigenvalue weighted by Crippen LogP contribution is 2.24. The Labute approximate surface area is 149 Å². The molecule has 0 radical (unpaired) electrons. The lowest BCUT2D eigenvalue weighted by atomic mass is 10.1. The summed E-state index contributed by atoms with van der Waals surface area (Å²) in [6.45, 7) is 1.63. The van der Waals surface area contributed by atoms with E-state index in [1.165, 1.54) is 0 Å². The van der Waals surface area contributed by atoms with Crippen LogP contribution in [0.1, 0.15) is 30.6 Å². The van der Waals surface area contributed by atoms with Gasteiger partial charge in [-0.2, -0.15) is 5.10 Å². The molecule has 25 heavy (non-hydrogen) atoms. The van der Waals surface area contributed by atoms with Crippen LogP contribution in [0.2, 0.25) is 0 Å². The van der Waals surface area contributed by atoms with Gasteiger partial charge in [-0.3, -0.25) is 4.79 Å². The van der Waals surface area contributed by atoms with Crippen LogP contribution in [-0.4, -0.2) is 25.8 Å². The fraction of sp³-hybridized carbons (Fsp3) is 0.158. The topological polar surface area (TPSA) is 75.6 Å². The third kappa shape index (κ3) is 4.55. The third-order valence-corrected chi connectivity index (χ3v) is 5.24. The number of amides is 1. The van der Waals surface area contributed by atoms with Gasteiger partial charge >= 0.3 is 0 Å². The van der Waals surface area contributed by atoms with Crippen LogP contribution >= 0.6 is 0 Å². The highest BCUT2D eigenvalue weighted by atomic mass is 32.2. The summed E-state index contributed by atoms with van der Waals surface area (Å²) in [4.78, 5) is 12.3. The lowest BCUT2D eigenvalue weighted by Crippen LogP contribution is -2.26. The number of fused-ring (bicyclic) bond motifs is 1. The summed E-state index contributed by atoms with van der Waals surface area (Å²) >= 11 is 0. The van der Waals surface area contributed by atoms with Gasteiger partial charge in [0.2, 0.25) is 0 Å². The maximum Gasteiger partial charge on any atom is 0.271 e. The molecule has 0 bridgehead atoms. The number of rotatable bonds is 2. The molecule has 5 nitrogen and oxygen atoms in total. The number of terminal acetylenes is 1. The molecule has 0 spiro atoms. The smallest absolute Gasteiger partial charge is 0.267 e. The molecule has 0 aliphatic carbocycles. The van der Waals surface area contributed by atoms with Crippen LogP contribution in [0.15, 0.2) is 64.6 Å². The van der Waals surface area contributed by atoms with Gasteiger partial charge in [0.15, 0.2) is 9.84 Å². The summed E-state index contributed by atoms with van der Waals surface area (Å²) in [6.07, 6.45) is 2.22. The average Bonchev–Trinajstić information content (AvgIpc) is 2.68. The fourth-order valence-electron chi connectivity index (χ4n) is 2.34. The second kappa shape index (κ2) is 8.27. The monoisotopic (exact) mass is 356 g/mol. The van der Waals surface area contributed by atoms with Crippen molar-refractivity contribution in [1.29, 1.82) is 0 Å². The van der Waals surface area contributed by atoms with E-state index in [0.717, 1.165) is 0 Å². The number of nitrogens with zero attached hydrogens (tertiary/aromatic N) is 1. The summed E-state index contributed by atoms with van der Waals surface area (Å²) in [7, 11) is -3.26. The molecule has 1 amide bonds. The van der Waals surface area contributed by atoms with Crippen molar-refractivity contribution in [3.8, 4) is 12.3 Å². The maximum atomic E-state index is 12.0. The number of carbonyl (C=O) groups is 1. The van der Waals surface area contributed by atoms with Gasteiger partial charge in [0, 0.05) is 17.5 Å². The van der Waals surface area contributed by atoms with Gasteiger partial charge in [-0.15, -0.1) is 12.3 Å². The van der Waals surface area contributed by atoms with Gasteiger partial charge in [-0.1, -0.05) is 36.4 Å². The molecule has 128 valence electrons. The molecule has 0 aromatic heterocycles. The van der Waals surface area contributed by atoms with Gasteiger partial charge in [-0.25, -0.2) is 13.8 Å². The molecule has 2 aromatic rings. The van der Waals surface area contributed by atoms with E-state index in [4.69, 9.17) is 1.37 Å². The van der Waals surface area contributed by atoms with Crippen molar-refractivity contribution in [2.24, 2.45) is 5.10 Å². The van der Waals surface area contributed by atoms with Gasteiger partial charge in [0.1, 0.15) is 1.37 Å². The summed E-state index contributed by atoms with van der Waals surface area (Å²) in [5, 5.41) is 4.12. The number of nitrogens with one attached hydrogen (secondary N) is 1. The molecule has 0 saturated heterocycles. The van der Waals surface area contributed by atoms with E-state index >= 15 is 0 Å². The molecule has 0 fully saturated rings. The molecule has 0 saturated carbocycles. The second-order valence-corrected chi connectivity index (χ2v) is 7.26. The van der Waals surface area contributed by atoms with Gasteiger partial charge in [0.05, 0.1) is 16.4 Å². The van der Waals surface area contributed by atoms with Crippen LogP contribution < -0.4 is 5.43 Å². The van der Waals surface area contributed by atoms with E-state index in [2.05, 4.69) is 16.4 Å². The van der Waals surface area contributed by atoms with E-state index < -0.39 is 9.84 Å². The number of carbonyl (C=O) groups excluding carboxylic acids is 1. The Bertz CT molecular complexity index is 969. The van der Waals surface area contributed by atoms with Crippen LogP contribution in [0.3, 0.4) is 0 Å². The standard InChI is InChI=1S/C16H14N2O3S.C3H4/c19-16(12-6-2-1-3-7-12)18-17-14-10-11-22(20,21)15-9-5-4-8-13(14)15;1-3-2/h1-9H,10-11H2,(H,18,19);1H,2H3/b17-14+;/i;1T.